The van der Waals surface area contributed by atoms with Crippen molar-refractivity contribution >= 4 is 11.7 Å². The summed E-state index contributed by atoms with van der Waals surface area (Å²) in [5.41, 5.74) is 3.16. The zero-order valence-electron chi connectivity index (χ0n) is 14.0. The van der Waals surface area contributed by atoms with Crippen molar-refractivity contribution in [2.24, 2.45) is 0 Å². The molecule has 0 heterocycles. The molecule has 3 rings (SSSR count). The number of aryl methyl sites for hydroxylation is 1. The topological polar surface area (TPSA) is 59.6 Å². The summed E-state index contributed by atoms with van der Waals surface area (Å²) in [4.78, 5) is 12.4. The van der Waals surface area contributed by atoms with Crippen LogP contribution in [0.15, 0.2) is 42.5 Å². The second-order valence-electron chi connectivity index (χ2n) is 5.84. The Labute approximate surface area is 142 Å². The molecule has 24 heavy (non-hydrogen) atoms. The third-order valence-electron chi connectivity index (χ3n) is 4.28. The fraction of sp³-hybridized carbons (Fsp3) is 0.316. The molecule has 1 atom stereocenters. The van der Waals surface area contributed by atoms with Crippen LogP contribution in [0.25, 0.3) is 0 Å². The van der Waals surface area contributed by atoms with Crippen LogP contribution in [0.4, 0.5) is 10.5 Å². The normalized spacial score (nSPS) is 16.0. The lowest BCUT2D eigenvalue weighted by molar-refractivity contribution is 0.247. The molecule has 2 N–H and O–H groups in total. The summed E-state index contributed by atoms with van der Waals surface area (Å²) in [6.45, 7) is 0. The number of urea groups is 1. The van der Waals surface area contributed by atoms with Gasteiger partial charge in [0, 0.05) is 23.9 Å². The zero-order valence-corrected chi connectivity index (χ0v) is 14.0. The number of methoxy groups -OCH3 is 2. The van der Waals surface area contributed by atoms with E-state index in [9.17, 15) is 4.79 Å². The van der Waals surface area contributed by atoms with E-state index < -0.39 is 0 Å². The van der Waals surface area contributed by atoms with Crippen LogP contribution >= 0.6 is 0 Å². The molecular weight excluding hydrogens is 304 g/mol. The van der Waals surface area contributed by atoms with E-state index in [1.54, 1.807) is 32.4 Å². The van der Waals surface area contributed by atoms with Crippen LogP contribution in [0.2, 0.25) is 0 Å². The highest BCUT2D eigenvalue weighted by Crippen LogP contribution is 2.30. The van der Waals surface area contributed by atoms with Gasteiger partial charge in [0.1, 0.15) is 11.5 Å². The number of carbonyl (C=O) groups is 1. The molecule has 1 aliphatic rings. The van der Waals surface area contributed by atoms with E-state index in [1.165, 1.54) is 11.1 Å². The second-order valence-corrected chi connectivity index (χ2v) is 5.84. The quantitative estimate of drug-likeness (QED) is 0.896. The molecule has 0 bridgehead atoms. The number of rotatable bonds is 4. The molecular formula is C19H22N2O3. The Morgan fingerprint density at radius 3 is 2.50 bits per heavy atom. The highest BCUT2D eigenvalue weighted by Gasteiger charge is 2.21. The van der Waals surface area contributed by atoms with Gasteiger partial charge in [-0.2, -0.15) is 0 Å². The molecule has 126 valence electrons. The number of hydrogen-bond donors (Lipinski definition) is 2. The smallest absolute Gasteiger partial charge is 0.319 e. The SMILES string of the molecule is COc1cc(NC(=O)NC2CCCc3ccccc32)cc(OC)c1. The number of ether oxygens (including phenoxy) is 2. The Hall–Kier alpha value is -2.69. The van der Waals surface area contributed by atoms with Gasteiger partial charge in [-0.05, 0) is 30.4 Å². The molecule has 0 aliphatic heterocycles. The number of anilines is 1. The van der Waals surface area contributed by atoms with E-state index in [0.717, 1.165) is 19.3 Å². The molecule has 5 heteroatoms. The highest BCUT2D eigenvalue weighted by atomic mass is 16.5. The Morgan fingerprint density at radius 2 is 1.79 bits per heavy atom. The molecule has 1 aliphatic carbocycles. The van der Waals surface area contributed by atoms with Crippen LogP contribution in [0.1, 0.15) is 30.0 Å². The van der Waals surface area contributed by atoms with E-state index in [4.69, 9.17) is 9.47 Å². The average molecular weight is 326 g/mol. The maximum Gasteiger partial charge on any atom is 0.319 e. The molecule has 2 aromatic carbocycles. The molecule has 2 amide bonds. The molecule has 0 spiro atoms. The van der Waals surface area contributed by atoms with Crippen molar-refractivity contribution in [2.45, 2.75) is 25.3 Å². The van der Waals surface area contributed by atoms with E-state index in [0.29, 0.717) is 17.2 Å². The van der Waals surface area contributed by atoms with Crippen LogP contribution in [0.3, 0.4) is 0 Å². The van der Waals surface area contributed by atoms with Gasteiger partial charge < -0.3 is 20.1 Å². The lowest BCUT2D eigenvalue weighted by Crippen LogP contribution is -2.34. The van der Waals surface area contributed by atoms with Crippen LogP contribution in [-0.4, -0.2) is 20.3 Å². The first-order valence-corrected chi connectivity index (χ1v) is 8.08. The molecule has 0 fully saturated rings. The van der Waals surface area contributed by atoms with Crippen molar-refractivity contribution in [3.05, 3.63) is 53.6 Å². The average Bonchev–Trinajstić information content (AvgIpc) is 2.61. The van der Waals surface area contributed by atoms with Crippen LogP contribution in [0, 0.1) is 0 Å². The molecule has 0 radical (unpaired) electrons. The van der Waals surface area contributed by atoms with E-state index in [-0.39, 0.29) is 12.1 Å². The number of hydrogen-bond acceptors (Lipinski definition) is 3. The Kier molecular flexibility index (Phi) is 4.89. The molecule has 0 saturated heterocycles. The van der Waals surface area contributed by atoms with Gasteiger partial charge in [-0.3, -0.25) is 0 Å². The summed E-state index contributed by atoms with van der Waals surface area (Å²) in [5.74, 6) is 1.26. The van der Waals surface area contributed by atoms with Crippen LogP contribution in [0.5, 0.6) is 11.5 Å². The number of benzene rings is 2. The lowest BCUT2D eigenvalue weighted by atomic mass is 9.88. The standard InChI is InChI=1S/C19H22N2O3/c1-23-15-10-14(11-16(12-15)24-2)20-19(22)21-18-9-5-7-13-6-3-4-8-17(13)18/h3-4,6,8,10-12,18H,5,7,9H2,1-2H3,(H2,20,21,22). The van der Waals surface area contributed by atoms with E-state index >= 15 is 0 Å². The maximum atomic E-state index is 12.4. The van der Waals surface area contributed by atoms with Gasteiger partial charge in [0.25, 0.3) is 0 Å². The van der Waals surface area contributed by atoms with Crippen LogP contribution < -0.4 is 20.1 Å². The van der Waals surface area contributed by atoms with Crippen molar-refractivity contribution in [1.82, 2.24) is 5.32 Å². The largest absolute Gasteiger partial charge is 0.497 e. The van der Waals surface area contributed by atoms with Crippen molar-refractivity contribution in [3.63, 3.8) is 0 Å². The summed E-state index contributed by atoms with van der Waals surface area (Å²) < 4.78 is 10.4. The third kappa shape index (κ3) is 3.62. The number of nitrogens with one attached hydrogen (secondary N) is 2. The molecule has 0 aromatic heterocycles. The molecule has 0 saturated carbocycles. The third-order valence-corrected chi connectivity index (χ3v) is 4.28. The summed E-state index contributed by atoms with van der Waals surface area (Å²) >= 11 is 0. The molecule has 2 aromatic rings. The van der Waals surface area contributed by atoms with Crippen molar-refractivity contribution in [1.29, 1.82) is 0 Å². The second kappa shape index (κ2) is 7.25. The van der Waals surface area contributed by atoms with Gasteiger partial charge in [-0.15, -0.1) is 0 Å². The fourth-order valence-corrected chi connectivity index (χ4v) is 3.11. The van der Waals surface area contributed by atoms with Gasteiger partial charge in [-0.25, -0.2) is 4.79 Å². The monoisotopic (exact) mass is 326 g/mol. The Balaban J connectivity index is 1.71. The molecule has 5 nitrogen and oxygen atoms in total. The summed E-state index contributed by atoms with van der Waals surface area (Å²) in [5, 5.41) is 5.93. The minimum absolute atomic E-state index is 0.0439. The first-order valence-electron chi connectivity index (χ1n) is 8.08. The Morgan fingerprint density at radius 1 is 1.08 bits per heavy atom. The minimum Gasteiger partial charge on any atom is -0.497 e. The minimum atomic E-state index is -0.230. The summed E-state index contributed by atoms with van der Waals surface area (Å²) in [6.07, 6.45) is 3.10. The van der Waals surface area contributed by atoms with Gasteiger partial charge in [0.2, 0.25) is 0 Å². The summed E-state index contributed by atoms with van der Waals surface area (Å²) in [6, 6.07) is 13.4. The van der Waals surface area contributed by atoms with Gasteiger partial charge in [0.05, 0.1) is 20.3 Å². The van der Waals surface area contributed by atoms with E-state index in [1.807, 2.05) is 12.1 Å². The predicted octanol–water partition coefficient (Wildman–Crippen LogP) is 3.90. The first-order chi connectivity index (χ1) is 11.7. The first kappa shape index (κ1) is 16.2. The predicted molar refractivity (Wildman–Crippen MR) is 93.8 cm³/mol. The Bertz CT molecular complexity index is 708. The van der Waals surface area contributed by atoms with Crippen molar-refractivity contribution in [2.75, 3.05) is 19.5 Å². The fourth-order valence-electron chi connectivity index (χ4n) is 3.11. The van der Waals surface area contributed by atoms with E-state index in [2.05, 4.69) is 22.8 Å². The van der Waals surface area contributed by atoms with Gasteiger partial charge >= 0.3 is 6.03 Å². The van der Waals surface area contributed by atoms with Gasteiger partial charge in [0.15, 0.2) is 0 Å². The number of amides is 2. The van der Waals surface area contributed by atoms with Crippen molar-refractivity contribution < 1.29 is 14.3 Å². The summed E-state index contributed by atoms with van der Waals surface area (Å²) in [7, 11) is 3.16. The van der Waals surface area contributed by atoms with Crippen molar-refractivity contribution in [3.8, 4) is 11.5 Å². The zero-order chi connectivity index (χ0) is 16.9. The number of carbonyl (C=O) groups excluding carboxylic acids is 1. The maximum absolute atomic E-state index is 12.4. The number of fused-ring (bicyclic) bond motifs is 1. The lowest BCUT2D eigenvalue weighted by Gasteiger charge is -2.26. The van der Waals surface area contributed by atoms with Gasteiger partial charge in [-0.1, -0.05) is 24.3 Å². The highest BCUT2D eigenvalue weighted by molar-refractivity contribution is 5.90. The molecule has 1 unspecified atom stereocenters. The van der Waals surface area contributed by atoms with Crippen LogP contribution in [-0.2, 0) is 6.42 Å².